The van der Waals surface area contributed by atoms with Gasteiger partial charge in [-0.15, -0.1) is 0 Å². The smallest absolute Gasteiger partial charge is 0.400 e. The Balaban J connectivity index is 0.000000608. The Labute approximate surface area is 560 Å². The molecule has 546 valence electrons. The van der Waals surface area contributed by atoms with Gasteiger partial charge in [0.1, 0.15) is 11.5 Å². The van der Waals surface area contributed by atoms with E-state index in [1.807, 2.05) is 69.4 Å². The molecule has 0 bridgehead atoms. The highest BCUT2D eigenvalue weighted by Crippen LogP contribution is 2.50. The third-order valence-electron chi connectivity index (χ3n) is 20.1. The van der Waals surface area contributed by atoms with Gasteiger partial charge >= 0.3 is 36.2 Å². The summed E-state index contributed by atoms with van der Waals surface area (Å²) in [6.45, 7) is 46.8. The van der Waals surface area contributed by atoms with Crippen molar-refractivity contribution in [3.8, 4) is 0 Å². The summed E-state index contributed by atoms with van der Waals surface area (Å²) in [7, 11) is 6.16. The Kier molecular flexibility index (Phi) is 43.2. The topological polar surface area (TPSA) is 203 Å². The van der Waals surface area contributed by atoms with E-state index in [2.05, 4.69) is 55.4 Å². The molecule has 0 aromatic heterocycles. The second kappa shape index (κ2) is 44.2. The third kappa shape index (κ3) is 22.8. The fraction of sp³-hybridized carbons (Fsp3) is 1.00. The van der Waals surface area contributed by atoms with E-state index in [0.717, 1.165) is 77.0 Å². The molecule has 4 aliphatic heterocycles. The molecule has 4 aliphatic rings. The molecule has 4 saturated heterocycles. The maximum absolute atomic E-state index is 6.15. The van der Waals surface area contributed by atoms with Crippen LogP contribution in [0.4, 0.5) is 0 Å². The predicted molar refractivity (Wildman–Crippen MR) is 365 cm³/mol. The summed E-state index contributed by atoms with van der Waals surface area (Å²) < 4.78 is 128. The number of hydrogen-bond acceptors (Lipinski definition) is 22. The molecule has 0 radical (unpaired) electrons. The predicted octanol–water partition coefficient (Wildman–Crippen LogP) is 10.3. The third-order valence-corrected chi connectivity index (χ3v) is 30.5. The second-order valence-corrected chi connectivity index (χ2v) is 35.2. The summed E-state index contributed by atoms with van der Waals surface area (Å²) in [4.78, 5) is 0. The lowest BCUT2D eigenvalue weighted by molar-refractivity contribution is -0.235. The first kappa shape index (κ1) is 89.0. The zero-order valence-electron chi connectivity index (χ0n) is 62.5. The molecule has 8 unspecified atom stereocenters. The highest BCUT2D eigenvalue weighted by molar-refractivity contribution is 6.62. The van der Waals surface area contributed by atoms with Crippen LogP contribution in [0.15, 0.2) is 0 Å². The first-order valence-corrected chi connectivity index (χ1v) is 41.3. The molecule has 0 amide bonds. The van der Waals surface area contributed by atoms with Crippen LogP contribution in [0.1, 0.15) is 169 Å². The van der Waals surface area contributed by atoms with Crippen LogP contribution in [0.25, 0.3) is 0 Å². The molecule has 8 atom stereocenters. The minimum Gasteiger partial charge on any atom is -0.400 e. The molecular weight excluding hydrogens is 1250 g/mol. The monoisotopic (exact) mass is 1380 g/mol. The van der Waals surface area contributed by atoms with Crippen molar-refractivity contribution in [3.05, 3.63) is 0 Å². The van der Waals surface area contributed by atoms with Crippen molar-refractivity contribution in [2.75, 3.05) is 176 Å². The normalized spacial score (nSPS) is 21.4. The second-order valence-electron chi connectivity index (χ2n) is 25.1. The molecule has 26 heteroatoms. The highest BCUT2D eigenvalue weighted by atomic mass is 28.4. The van der Waals surface area contributed by atoms with Gasteiger partial charge in [0, 0.05) is 183 Å². The van der Waals surface area contributed by atoms with Crippen LogP contribution >= 0.6 is 0 Å². The van der Waals surface area contributed by atoms with Crippen molar-refractivity contribution in [2.24, 2.45) is 21.7 Å². The summed E-state index contributed by atoms with van der Waals surface area (Å²) >= 11 is 0. The molecule has 0 saturated carbocycles. The van der Waals surface area contributed by atoms with E-state index in [9.17, 15) is 0 Å². The van der Waals surface area contributed by atoms with Crippen LogP contribution in [0.2, 0.25) is 12.1 Å². The van der Waals surface area contributed by atoms with Gasteiger partial charge in [-0.3, -0.25) is 0 Å². The van der Waals surface area contributed by atoms with E-state index in [4.69, 9.17) is 101 Å². The van der Waals surface area contributed by atoms with Gasteiger partial charge in [0.05, 0.1) is 87.5 Å². The van der Waals surface area contributed by atoms with Crippen molar-refractivity contribution in [2.45, 2.75) is 227 Å². The largest absolute Gasteiger partial charge is 0.531 e. The van der Waals surface area contributed by atoms with Crippen molar-refractivity contribution in [1.82, 2.24) is 0 Å². The van der Waals surface area contributed by atoms with E-state index in [-0.39, 0.29) is 67.7 Å². The van der Waals surface area contributed by atoms with Gasteiger partial charge in [-0.05, 0) is 88.0 Å². The van der Waals surface area contributed by atoms with E-state index in [1.54, 1.807) is 56.9 Å². The minimum atomic E-state index is -3.00. The van der Waals surface area contributed by atoms with E-state index in [1.165, 1.54) is 0 Å². The summed E-state index contributed by atoms with van der Waals surface area (Å²) in [6, 6.07) is 1.69. The lowest BCUT2D eigenvalue weighted by Crippen LogP contribution is -2.65. The van der Waals surface area contributed by atoms with Gasteiger partial charge in [0.15, 0.2) is 0 Å². The number of methoxy groups -OCH3 is 4. The van der Waals surface area contributed by atoms with Crippen LogP contribution in [0.5, 0.6) is 0 Å². The van der Waals surface area contributed by atoms with Crippen molar-refractivity contribution >= 4 is 36.2 Å². The van der Waals surface area contributed by atoms with Crippen LogP contribution in [-0.2, 0) is 101 Å². The Morgan fingerprint density at radius 3 is 0.802 bits per heavy atom. The van der Waals surface area contributed by atoms with E-state index < -0.39 is 36.2 Å². The van der Waals surface area contributed by atoms with Gasteiger partial charge in [-0.25, -0.2) is 0 Å². The van der Waals surface area contributed by atoms with Crippen LogP contribution in [0.3, 0.4) is 0 Å². The molecule has 0 aliphatic carbocycles. The van der Waals surface area contributed by atoms with Gasteiger partial charge in [0.2, 0.25) is 0 Å². The summed E-state index contributed by atoms with van der Waals surface area (Å²) in [5, 5.41) is 0. The molecule has 0 aromatic rings. The zero-order chi connectivity index (χ0) is 69.1. The molecule has 91 heavy (non-hydrogen) atoms. The number of hydrogen-bond donors (Lipinski definition) is 0. The average molecular weight is 1380 g/mol. The summed E-state index contributed by atoms with van der Waals surface area (Å²) in [5.41, 5.74) is -1.69. The van der Waals surface area contributed by atoms with Crippen LogP contribution in [-0.4, -0.2) is 259 Å². The highest BCUT2D eigenvalue weighted by Gasteiger charge is 2.61. The minimum absolute atomic E-state index is 0.0405. The van der Waals surface area contributed by atoms with Gasteiger partial charge in [-0.2, -0.15) is 0 Å². The standard InChI is InChI=1S/C18H38O6Si.C17H36O5Si.C15H32O6Si.C15H32O5Si/c1-8-18(19-7,17(6)14-20-15-17)13-16(21-9-2)25(22-10-3,23-11-4)24-12-5;1-7-17(18-6,16(5)13-19-14-16)11-15(20-8-2)12-23(21-9-3)22-10-4;1-8-15(16-4,14(3)11-20-12-14)10-13(21-9-2)22(17-5,18-6)19-7;1-7-15(16-4,14(3)11-19-12-14)9-13(20-8-2)10-21(17-5)18-6/h16H,8-15H2,1-7H3;15,23H,7-14H2,1-6H3;13H,8-12H2,1-7H3;13,21H,7-12H2,1-6H3. The number of ether oxygens (including phenoxy) is 12. The fourth-order valence-corrected chi connectivity index (χ4v) is 22.3. The molecule has 0 spiro atoms. The lowest BCUT2D eigenvalue weighted by Gasteiger charge is -2.54. The Bertz CT molecular complexity index is 1780. The quantitative estimate of drug-likeness (QED) is 0.0520. The first-order chi connectivity index (χ1) is 43.4. The van der Waals surface area contributed by atoms with E-state index in [0.29, 0.717) is 98.7 Å². The molecule has 4 heterocycles. The first-order valence-electron chi connectivity index (χ1n) is 34.2. The average Bonchev–Trinajstić information content (AvgIpc) is 0.790. The molecule has 0 aromatic carbocycles. The van der Waals surface area contributed by atoms with E-state index >= 15 is 0 Å². The van der Waals surface area contributed by atoms with Crippen molar-refractivity contribution in [3.63, 3.8) is 0 Å². The molecule has 4 fully saturated rings. The van der Waals surface area contributed by atoms with Crippen molar-refractivity contribution < 1.29 is 101 Å². The molecule has 4 rings (SSSR count). The van der Waals surface area contributed by atoms with Crippen molar-refractivity contribution in [1.29, 1.82) is 0 Å². The summed E-state index contributed by atoms with van der Waals surface area (Å²) in [6.07, 6.45) is 6.84. The van der Waals surface area contributed by atoms with Crippen LogP contribution < -0.4 is 0 Å². The Morgan fingerprint density at radius 1 is 0.341 bits per heavy atom. The SMILES string of the molecule is CCOC(CC(CC)(OC)C1(C)COC1)[Si](OC)(OC)OC.CCOC(CC(CC)(OC)C1(C)COC1)[Si](OCC)(OCC)OCC.CCOC(C[SiH](OC)OC)CC(CC)(OC)C1(C)COC1.CCOC(C[SiH](OCC)OCC)CC(CC)(OC)C1(C)COC1. The lowest BCUT2D eigenvalue weighted by atomic mass is 9.67. The molecule has 22 nitrogen and oxygen atoms in total. The maximum Gasteiger partial charge on any atom is 0.531 e. The number of rotatable bonds is 49. The van der Waals surface area contributed by atoms with Gasteiger partial charge < -0.3 is 101 Å². The molecular formula is C65H138O22Si4. The summed E-state index contributed by atoms with van der Waals surface area (Å²) in [5.74, 6) is 0. The Morgan fingerprint density at radius 2 is 0.604 bits per heavy atom. The van der Waals surface area contributed by atoms with Gasteiger partial charge in [-0.1, -0.05) is 55.4 Å². The van der Waals surface area contributed by atoms with Crippen LogP contribution in [0, 0.1) is 21.7 Å². The Hall–Kier alpha value is -0.0125. The zero-order valence-corrected chi connectivity index (χ0v) is 66.8. The molecule has 0 N–H and O–H groups in total. The fourth-order valence-electron chi connectivity index (χ4n) is 14.0. The maximum atomic E-state index is 6.15. The van der Waals surface area contributed by atoms with Gasteiger partial charge in [0.25, 0.3) is 0 Å².